The van der Waals surface area contributed by atoms with Gasteiger partial charge in [0.05, 0.1) is 29.4 Å². The lowest BCUT2D eigenvalue weighted by Gasteiger charge is -2.21. The van der Waals surface area contributed by atoms with E-state index in [9.17, 15) is 0 Å². The number of aryl methyl sites for hydroxylation is 1. The third kappa shape index (κ3) is 3.30. The minimum atomic E-state index is 0.197. The molecule has 7 heteroatoms. The lowest BCUT2D eigenvalue weighted by molar-refractivity contribution is 0.140. The van der Waals surface area contributed by atoms with Gasteiger partial charge in [0.25, 0.3) is 0 Å². The van der Waals surface area contributed by atoms with Crippen molar-refractivity contribution in [3.63, 3.8) is 0 Å². The number of anilines is 2. The summed E-state index contributed by atoms with van der Waals surface area (Å²) in [7, 11) is 2.08. The molecule has 0 aliphatic carbocycles. The fraction of sp³-hybridized carbons (Fsp3) is 0.636. The second kappa shape index (κ2) is 5.81. The molecule has 18 heavy (non-hydrogen) atoms. The molecule has 1 unspecified atom stereocenters. The van der Waals surface area contributed by atoms with E-state index < -0.39 is 0 Å². The predicted octanol–water partition coefficient (Wildman–Crippen LogP) is 0.872. The summed E-state index contributed by atoms with van der Waals surface area (Å²) < 4.78 is 6.41. The fourth-order valence-electron chi connectivity index (χ4n) is 1.92. The molecule has 1 fully saturated rings. The van der Waals surface area contributed by atoms with Gasteiger partial charge in [0, 0.05) is 13.1 Å². The molecule has 1 atom stereocenters. The number of nitrogens with two attached hydrogens (primary N) is 1. The quantitative estimate of drug-likeness (QED) is 0.843. The summed E-state index contributed by atoms with van der Waals surface area (Å²) in [6, 6.07) is 0.197. The molecule has 0 amide bonds. The molecule has 100 valence electrons. The highest BCUT2D eigenvalue weighted by Gasteiger charge is 2.18. The van der Waals surface area contributed by atoms with Crippen molar-refractivity contribution in [2.24, 2.45) is 0 Å². The zero-order valence-electron chi connectivity index (χ0n) is 10.6. The predicted molar refractivity (Wildman–Crippen MR) is 74.6 cm³/mol. The molecule has 3 N–H and O–H groups in total. The molecular weight excluding hydrogens is 298 g/mol. The van der Waals surface area contributed by atoms with Crippen LogP contribution in [0.2, 0.25) is 0 Å². The maximum Gasteiger partial charge on any atom is 0.222 e. The van der Waals surface area contributed by atoms with Crippen molar-refractivity contribution in [1.82, 2.24) is 14.9 Å². The molecule has 0 aromatic carbocycles. The average Bonchev–Trinajstić information content (AvgIpc) is 2.50. The van der Waals surface area contributed by atoms with E-state index in [2.05, 4.69) is 43.2 Å². The Morgan fingerprint density at radius 2 is 2.28 bits per heavy atom. The number of nitrogens with zero attached hydrogens (tertiary/aromatic N) is 3. The fourth-order valence-corrected chi connectivity index (χ4v) is 2.22. The first-order valence-corrected chi connectivity index (χ1v) is 6.68. The van der Waals surface area contributed by atoms with Crippen LogP contribution in [0.25, 0.3) is 0 Å². The van der Waals surface area contributed by atoms with Crippen molar-refractivity contribution in [1.29, 1.82) is 0 Å². The lowest BCUT2D eigenvalue weighted by atomic mass is 10.3. The van der Waals surface area contributed by atoms with Gasteiger partial charge >= 0.3 is 0 Å². The third-order valence-corrected chi connectivity index (χ3v) is 3.79. The van der Waals surface area contributed by atoms with Gasteiger partial charge in [-0.2, -0.15) is 4.98 Å². The molecular formula is C11H18BrN5O. The first-order valence-electron chi connectivity index (χ1n) is 5.88. The third-order valence-electron chi connectivity index (χ3n) is 2.84. The number of nitrogen functional groups attached to an aromatic ring is 1. The Hall–Kier alpha value is -0.920. The molecule has 0 radical (unpaired) electrons. The number of likely N-dealkylation sites (N-methyl/N-ethyl adjacent to an activating group) is 1. The van der Waals surface area contributed by atoms with E-state index in [0.29, 0.717) is 6.61 Å². The van der Waals surface area contributed by atoms with E-state index in [0.717, 1.165) is 35.7 Å². The van der Waals surface area contributed by atoms with Crippen molar-refractivity contribution in [3.05, 3.63) is 10.2 Å². The maximum atomic E-state index is 5.67. The van der Waals surface area contributed by atoms with Gasteiger partial charge in [-0.15, -0.1) is 0 Å². The maximum absolute atomic E-state index is 5.67. The van der Waals surface area contributed by atoms with Crippen LogP contribution in [0.4, 0.5) is 11.8 Å². The van der Waals surface area contributed by atoms with E-state index in [1.807, 2.05) is 6.92 Å². The van der Waals surface area contributed by atoms with Gasteiger partial charge in [0.1, 0.15) is 5.82 Å². The second-order valence-electron chi connectivity index (χ2n) is 4.51. The second-order valence-corrected chi connectivity index (χ2v) is 5.30. The average molecular weight is 316 g/mol. The highest BCUT2D eigenvalue weighted by atomic mass is 79.9. The van der Waals surface area contributed by atoms with Crippen molar-refractivity contribution in [2.45, 2.75) is 13.0 Å². The largest absolute Gasteiger partial charge is 0.378 e. The standard InChI is InChI=1S/C11H18BrN5O/c1-7-9(12)10(16-11(13)14-7)15-8-5-17(2)3-4-18-6-8/h8H,3-6H2,1-2H3,(H3,13,14,15,16). The summed E-state index contributed by atoms with van der Waals surface area (Å²) in [4.78, 5) is 10.5. The Morgan fingerprint density at radius 3 is 3.06 bits per heavy atom. The monoisotopic (exact) mass is 315 g/mol. The topological polar surface area (TPSA) is 76.3 Å². The van der Waals surface area contributed by atoms with Gasteiger partial charge in [-0.3, -0.25) is 0 Å². The van der Waals surface area contributed by atoms with Gasteiger partial charge in [-0.1, -0.05) is 0 Å². The number of aromatic nitrogens is 2. The number of rotatable bonds is 2. The Bertz CT molecular complexity index is 428. The van der Waals surface area contributed by atoms with Gasteiger partial charge in [0.15, 0.2) is 0 Å². The summed E-state index contributed by atoms with van der Waals surface area (Å²) in [5.74, 6) is 1.00. The Balaban J connectivity index is 2.12. The van der Waals surface area contributed by atoms with Crippen molar-refractivity contribution in [3.8, 4) is 0 Å². The van der Waals surface area contributed by atoms with Gasteiger partial charge in [-0.05, 0) is 29.9 Å². The number of hydrogen-bond acceptors (Lipinski definition) is 6. The van der Waals surface area contributed by atoms with Crippen molar-refractivity contribution in [2.75, 3.05) is 44.4 Å². The van der Waals surface area contributed by atoms with Crippen LogP contribution >= 0.6 is 15.9 Å². The molecule has 0 bridgehead atoms. The van der Waals surface area contributed by atoms with Crippen molar-refractivity contribution >= 4 is 27.7 Å². The summed E-state index contributed by atoms with van der Waals surface area (Å²) in [5.41, 5.74) is 6.49. The van der Waals surface area contributed by atoms with E-state index in [-0.39, 0.29) is 12.0 Å². The van der Waals surface area contributed by atoms with E-state index in [4.69, 9.17) is 10.5 Å². The number of halogens is 1. The van der Waals surface area contributed by atoms with Gasteiger partial charge < -0.3 is 20.7 Å². The molecule has 0 saturated carbocycles. The minimum absolute atomic E-state index is 0.197. The smallest absolute Gasteiger partial charge is 0.222 e. The van der Waals surface area contributed by atoms with Crippen LogP contribution in [0.15, 0.2) is 4.47 Å². The number of nitrogens with one attached hydrogen (secondary N) is 1. The molecule has 1 aromatic rings. The Morgan fingerprint density at radius 1 is 1.50 bits per heavy atom. The Labute approximate surface area is 115 Å². The summed E-state index contributed by atoms with van der Waals surface area (Å²) in [6.07, 6.45) is 0. The lowest BCUT2D eigenvalue weighted by Crippen LogP contribution is -2.35. The van der Waals surface area contributed by atoms with Crippen molar-refractivity contribution < 1.29 is 4.74 Å². The van der Waals surface area contributed by atoms with Gasteiger partial charge in [0.2, 0.25) is 5.95 Å². The number of hydrogen-bond donors (Lipinski definition) is 2. The first-order chi connectivity index (χ1) is 8.56. The van der Waals surface area contributed by atoms with Crippen LogP contribution in [-0.4, -0.2) is 54.3 Å². The number of ether oxygens (including phenoxy) is 1. The van der Waals surface area contributed by atoms with E-state index in [1.54, 1.807) is 0 Å². The van der Waals surface area contributed by atoms with Gasteiger partial charge in [-0.25, -0.2) is 4.98 Å². The molecule has 6 nitrogen and oxygen atoms in total. The summed E-state index contributed by atoms with van der Waals surface area (Å²) >= 11 is 3.48. The summed E-state index contributed by atoms with van der Waals surface area (Å²) in [5, 5.41) is 3.36. The van der Waals surface area contributed by atoms with Crippen LogP contribution in [0.3, 0.4) is 0 Å². The summed E-state index contributed by atoms with van der Waals surface area (Å²) in [6.45, 7) is 5.18. The zero-order chi connectivity index (χ0) is 13.1. The zero-order valence-corrected chi connectivity index (χ0v) is 12.2. The molecule has 1 aliphatic rings. The van der Waals surface area contributed by atoms with E-state index in [1.165, 1.54) is 0 Å². The van der Waals surface area contributed by atoms with Crippen LogP contribution in [-0.2, 0) is 4.74 Å². The molecule has 1 saturated heterocycles. The molecule has 0 spiro atoms. The molecule has 1 aliphatic heterocycles. The molecule has 2 rings (SSSR count). The highest BCUT2D eigenvalue weighted by Crippen LogP contribution is 2.24. The minimum Gasteiger partial charge on any atom is -0.378 e. The Kier molecular flexibility index (Phi) is 4.36. The SMILES string of the molecule is Cc1nc(N)nc(NC2COCCN(C)C2)c1Br. The van der Waals surface area contributed by atoms with Crippen LogP contribution < -0.4 is 11.1 Å². The van der Waals surface area contributed by atoms with Crippen LogP contribution in [0, 0.1) is 6.92 Å². The molecule has 1 aromatic heterocycles. The van der Waals surface area contributed by atoms with Crippen LogP contribution in [0.1, 0.15) is 5.69 Å². The first kappa shape index (κ1) is 13.5. The normalized spacial score (nSPS) is 21.6. The highest BCUT2D eigenvalue weighted by molar-refractivity contribution is 9.10. The molecule has 2 heterocycles. The van der Waals surface area contributed by atoms with E-state index >= 15 is 0 Å². The van der Waals surface area contributed by atoms with Crippen LogP contribution in [0.5, 0.6) is 0 Å².